The fourth-order valence-electron chi connectivity index (χ4n) is 4.98. The number of aryl methyl sites for hydroxylation is 3. The minimum Gasteiger partial charge on any atom is -0.496 e. The molecule has 1 aliphatic heterocycles. The number of fused-ring (bicyclic) bond motifs is 2. The second-order valence-electron chi connectivity index (χ2n) is 8.47. The van der Waals surface area contributed by atoms with Gasteiger partial charge in [-0.2, -0.15) is 0 Å². The van der Waals surface area contributed by atoms with E-state index >= 15 is 0 Å². The molecule has 0 bridgehead atoms. The predicted octanol–water partition coefficient (Wildman–Crippen LogP) is 5.23. The quantitative estimate of drug-likeness (QED) is 0.589. The van der Waals surface area contributed by atoms with Gasteiger partial charge in [-0.15, -0.1) is 0 Å². The van der Waals surface area contributed by atoms with Gasteiger partial charge in [0, 0.05) is 23.0 Å². The van der Waals surface area contributed by atoms with E-state index < -0.39 is 0 Å². The van der Waals surface area contributed by atoms with Crippen LogP contribution in [-0.4, -0.2) is 23.1 Å². The van der Waals surface area contributed by atoms with E-state index in [4.69, 9.17) is 14.7 Å². The summed E-state index contributed by atoms with van der Waals surface area (Å²) in [4.78, 5) is 12.6. The number of anilines is 2. The van der Waals surface area contributed by atoms with Crippen molar-refractivity contribution in [1.82, 2.24) is 9.97 Å². The topological polar surface area (TPSA) is 38.2 Å². The third-order valence-corrected chi connectivity index (χ3v) is 6.49. The third kappa shape index (κ3) is 3.45. The molecule has 1 aliphatic carbocycles. The molecule has 2 aliphatic rings. The van der Waals surface area contributed by atoms with E-state index in [0.717, 1.165) is 43.8 Å². The van der Waals surface area contributed by atoms with Crippen molar-refractivity contribution in [3.05, 3.63) is 76.6 Å². The lowest BCUT2D eigenvalue weighted by Gasteiger charge is -2.26. The molecule has 0 fully saturated rings. The lowest BCUT2D eigenvalue weighted by molar-refractivity contribution is 0.410. The normalized spacial score (nSPS) is 17.5. The van der Waals surface area contributed by atoms with Gasteiger partial charge in [0.25, 0.3) is 0 Å². The Labute approximate surface area is 178 Å². The van der Waals surface area contributed by atoms with Crippen LogP contribution in [0.5, 0.6) is 5.75 Å². The van der Waals surface area contributed by atoms with Crippen LogP contribution in [0.3, 0.4) is 0 Å². The van der Waals surface area contributed by atoms with E-state index in [1.54, 1.807) is 7.11 Å². The standard InChI is InChI=1S/C26H29N3O/c1-18-17-21-24(13-8-14-25(21)30-2)29(18)26-27-22-12-7-6-11-20(22)23(28-26)16-15-19-9-4-3-5-10-19/h3-5,8-10,13-14,18H,6-7,11-12,15-17H2,1-2H3. The van der Waals surface area contributed by atoms with Crippen molar-refractivity contribution < 1.29 is 4.74 Å². The van der Waals surface area contributed by atoms with Crippen molar-refractivity contribution in [3.8, 4) is 5.75 Å². The van der Waals surface area contributed by atoms with Crippen LogP contribution in [-0.2, 0) is 32.1 Å². The number of ether oxygens (including phenoxy) is 1. The van der Waals surface area contributed by atoms with Gasteiger partial charge in [-0.1, -0.05) is 36.4 Å². The molecule has 1 unspecified atom stereocenters. The maximum Gasteiger partial charge on any atom is 0.230 e. The molecule has 0 saturated carbocycles. The highest BCUT2D eigenvalue weighted by atomic mass is 16.5. The molecular weight excluding hydrogens is 370 g/mol. The minimum atomic E-state index is 0.319. The van der Waals surface area contributed by atoms with Gasteiger partial charge in [0.05, 0.1) is 12.8 Å². The summed E-state index contributed by atoms with van der Waals surface area (Å²) in [5.74, 6) is 1.82. The Balaban J connectivity index is 1.53. The summed E-state index contributed by atoms with van der Waals surface area (Å²) in [6.45, 7) is 2.26. The van der Waals surface area contributed by atoms with Crippen LogP contribution in [0.1, 0.15) is 47.8 Å². The molecule has 154 valence electrons. The third-order valence-electron chi connectivity index (χ3n) is 6.49. The van der Waals surface area contributed by atoms with E-state index in [2.05, 4.69) is 54.3 Å². The molecule has 5 rings (SSSR count). The fourth-order valence-corrected chi connectivity index (χ4v) is 4.98. The number of nitrogens with zero attached hydrogens (tertiary/aromatic N) is 3. The van der Waals surface area contributed by atoms with Gasteiger partial charge in [-0.05, 0) is 75.1 Å². The zero-order chi connectivity index (χ0) is 20.5. The number of rotatable bonds is 5. The van der Waals surface area contributed by atoms with Gasteiger partial charge >= 0.3 is 0 Å². The van der Waals surface area contributed by atoms with Crippen LogP contribution in [0, 0.1) is 0 Å². The second-order valence-corrected chi connectivity index (χ2v) is 8.47. The summed E-state index contributed by atoms with van der Waals surface area (Å²) < 4.78 is 5.62. The summed E-state index contributed by atoms with van der Waals surface area (Å²) in [6, 6.07) is 17.3. The van der Waals surface area contributed by atoms with Crippen LogP contribution >= 0.6 is 0 Å². The van der Waals surface area contributed by atoms with E-state index in [1.807, 2.05) is 6.07 Å². The maximum absolute atomic E-state index is 5.62. The minimum absolute atomic E-state index is 0.319. The van der Waals surface area contributed by atoms with Crippen LogP contribution < -0.4 is 9.64 Å². The van der Waals surface area contributed by atoms with E-state index in [-0.39, 0.29) is 0 Å². The van der Waals surface area contributed by atoms with Gasteiger partial charge in [0.2, 0.25) is 5.95 Å². The lowest BCUT2D eigenvalue weighted by Crippen LogP contribution is -2.27. The van der Waals surface area contributed by atoms with Crippen LogP contribution in [0.4, 0.5) is 11.6 Å². The fraction of sp³-hybridized carbons (Fsp3) is 0.385. The monoisotopic (exact) mass is 399 g/mol. The molecule has 1 atom stereocenters. The molecule has 0 spiro atoms. The zero-order valence-corrected chi connectivity index (χ0v) is 17.9. The Hall–Kier alpha value is -2.88. The summed E-state index contributed by atoms with van der Waals surface area (Å²) >= 11 is 0. The Morgan fingerprint density at radius 2 is 1.77 bits per heavy atom. The van der Waals surface area contributed by atoms with Crippen LogP contribution in [0.15, 0.2) is 48.5 Å². The first-order valence-electron chi connectivity index (χ1n) is 11.1. The molecule has 3 aromatic rings. The largest absolute Gasteiger partial charge is 0.496 e. The molecule has 0 radical (unpaired) electrons. The molecule has 30 heavy (non-hydrogen) atoms. The first-order valence-corrected chi connectivity index (χ1v) is 11.1. The van der Waals surface area contributed by atoms with E-state index in [9.17, 15) is 0 Å². The number of hydrogen-bond donors (Lipinski definition) is 0. The highest BCUT2D eigenvalue weighted by molar-refractivity contribution is 5.70. The summed E-state index contributed by atoms with van der Waals surface area (Å²) in [6.07, 6.45) is 7.59. The van der Waals surface area contributed by atoms with E-state index in [0.29, 0.717) is 6.04 Å². The Morgan fingerprint density at radius 3 is 2.60 bits per heavy atom. The smallest absolute Gasteiger partial charge is 0.230 e. The molecule has 0 amide bonds. The molecule has 0 N–H and O–H groups in total. The van der Waals surface area contributed by atoms with Crippen molar-refractivity contribution in [3.63, 3.8) is 0 Å². The van der Waals surface area contributed by atoms with Gasteiger partial charge in [-0.3, -0.25) is 0 Å². The summed E-state index contributed by atoms with van der Waals surface area (Å²) in [7, 11) is 1.75. The van der Waals surface area contributed by atoms with Crippen molar-refractivity contribution in [2.24, 2.45) is 0 Å². The number of hydrogen-bond acceptors (Lipinski definition) is 4. The molecule has 4 nitrogen and oxygen atoms in total. The maximum atomic E-state index is 5.62. The van der Waals surface area contributed by atoms with Gasteiger partial charge < -0.3 is 9.64 Å². The Kier molecular flexibility index (Phi) is 5.16. The zero-order valence-electron chi connectivity index (χ0n) is 17.9. The predicted molar refractivity (Wildman–Crippen MR) is 121 cm³/mol. The average molecular weight is 400 g/mol. The van der Waals surface area contributed by atoms with E-state index in [1.165, 1.54) is 46.6 Å². The van der Waals surface area contributed by atoms with Gasteiger partial charge in [0.1, 0.15) is 5.75 Å². The number of aromatic nitrogens is 2. The molecule has 2 heterocycles. The summed E-state index contributed by atoms with van der Waals surface area (Å²) in [5, 5.41) is 0. The number of benzene rings is 2. The highest BCUT2D eigenvalue weighted by Gasteiger charge is 2.32. The second kappa shape index (κ2) is 8.10. The van der Waals surface area contributed by atoms with Crippen molar-refractivity contribution in [2.45, 2.75) is 57.9 Å². The first kappa shape index (κ1) is 19.1. The molecule has 0 saturated heterocycles. The molecule has 2 aromatic carbocycles. The first-order chi connectivity index (χ1) is 14.7. The lowest BCUT2D eigenvalue weighted by atomic mass is 9.92. The van der Waals surface area contributed by atoms with Gasteiger partial charge in [-0.25, -0.2) is 9.97 Å². The van der Waals surface area contributed by atoms with Crippen LogP contribution in [0.25, 0.3) is 0 Å². The Morgan fingerprint density at radius 1 is 0.933 bits per heavy atom. The van der Waals surface area contributed by atoms with Gasteiger partial charge in [0.15, 0.2) is 0 Å². The molecule has 4 heteroatoms. The summed E-state index contributed by atoms with van der Waals surface area (Å²) in [5.41, 5.74) is 7.72. The average Bonchev–Trinajstić information content (AvgIpc) is 3.13. The number of methoxy groups -OCH3 is 1. The van der Waals surface area contributed by atoms with Crippen molar-refractivity contribution in [1.29, 1.82) is 0 Å². The Bertz CT molecular complexity index is 1050. The van der Waals surface area contributed by atoms with Crippen LogP contribution in [0.2, 0.25) is 0 Å². The SMILES string of the molecule is COc1cccc2c1CC(C)N2c1nc2c(c(CCc3ccccc3)n1)CCCC2. The molecular formula is C26H29N3O. The van der Waals surface area contributed by atoms with Crippen molar-refractivity contribution in [2.75, 3.05) is 12.0 Å². The highest BCUT2D eigenvalue weighted by Crippen LogP contribution is 2.42. The van der Waals surface area contributed by atoms with Crippen molar-refractivity contribution >= 4 is 11.6 Å². The molecule has 1 aromatic heterocycles.